The van der Waals surface area contributed by atoms with Crippen molar-refractivity contribution in [2.45, 2.75) is 12.2 Å². The van der Waals surface area contributed by atoms with Crippen molar-refractivity contribution in [1.82, 2.24) is 0 Å². The first-order valence-electron chi connectivity index (χ1n) is 6.67. The molecule has 2 saturated heterocycles. The highest BCUT2D eigenvalue weighted by atomic mass is 16.6. The van der Waals surface area contributed by atoms with E-state index in [4.69, 9.17) is 9.47 Å². The zero-order valence-electron chi connectivity index (χ0n) is 10.4. The Bertz CT molecular complexity index is 730. The molecule has 0 aliphatic carbocycles. The molecule has 0 radical (unpaired) electrons. The molecule has 20 heavy (non-hydrogen) atoms. The lowest BCUT2D eigenvalue weighted by Crippen LogP contribution is -2.24. The third-order valence-corrected chi connectivity index (χ3v) is 4.64. The monoisotopic (exact) mass is 266 g/mol. The van der Waals surface area contributed by atoms with Crippen molar-refractivity contribution in [3.05, 3.63) is 47.5 Å². The molecule has 0 amide bonds. The summed E-state index contributed by atoms with van der Waals surface area (Å²) in [6.45, 7) is 0. The fraction of sp³-hybridized carbons (Fsp3) is 0.250. The first-order chi connectivity index (χ1) is 9.74. The van der Waals surface area contributed by atoms with Crippen molar-refractivity contribution in [2.24, 2.45) is 11.8 Å². The van der Waals surface area contributed by atoms with E-state index < -0.39 is 23.8 Å². The van der Waals surface area contributed by atoms with Crippen LogP contribution in [0.1, 0.15) is 23.3 Å². The van der Waals surface area contributed by atoms with Crippen LogP contribution in [-0.4, -0.2) is 11.9 Å². The van der Waals surface area contributed by atoms with Gasteiger partial charge in [0, 0.05) is 0 Å². The number of esters is 2. The van der Waals surface area contributed by atoms with Crippen molar-refractivity contribution in [3.63, 3.8) is 0 Å². The number of fused-ring (bicyclic) bond motifs is 9. The first kappa shape index (κ1) is 10.6. The van der Waals surface area contributed by atoms with Crippen LogP contribution in [0.3, 0.4) is 0 Å². The number of hydrogen-bond donors (Lipinski definition) is 0. The van der Waals surface area contributed by atoms with Crippen LogP contribution in [0.2, 0.25) is 0 Å². The minimum absolute atomic E-state index is 0.330. The molecule has 98 valence electrons. The predicted octanol–water partition coefficient (Wildman–Crippen LogP) is 2.28. The minimum Gasteiger partial charge on any atom is -0.393 e. The molecule has 4 heteroatoms. The van der Waals surface area contributed by atoms with Crippen LogP contribution >= 0.6 is 0 Å². The molecule has 2 fully saturated rings. The van der Waals surface area contributed by atoms with Gasteiger partial charge in [0.25, 0.3) is 0 Å². The number of carbonyl (C=O) groups is 2. The Kier molecular flexibility index (Phi) is 1.73. The molecular formula is C16H10O4. The normalized spacial score (nSPS) is 33.4. The molecule has 4 nitrogen and oxygen atoms in total. The second-order valence-corrected chi connectivity index (χ2v) is 5.60. The van der Waals surface area contributed by atoms with Crippen molar-refractivity contribution < 1.29 is 19.1 Å². The Balaban J connectivity index is 1.76. The van der Waals surface area contributed by atoms with Crippen LogP contribution in [0.25, 0.3) is 10.8 Å². The molecule has 3 aliphatic rings. The third-order valence-electron chi connectivity index (χ3n) is 4.64. The average molecular weight is 266 g/mol. The summed E-state index contributed by atoms with van der Waals surface area (Å²) in [5.74, 6) is -1.79. The maximum Gasteiger partial charge on any atom is 0.320 e. The van der Waals surface area contributed by atoms with Gasteiger partial charge in [-0.25, -0.2) is 0 Å². The highest BCUT2D eigenvalue weighted by molar-refractivity contribution is 5.99. The molecule has 3 aliphatic heterocycles. The van der Waals surface area contributed by atoms with Gasteiger partial charge in [-0.05, 0) is 34.0 Å². The summed E-state index contributed by atoms with van der Waals surface area (Å²) >= 11 is 0. The van der Waals surface area contributed by atoms with Crippen molar-refractivity contribution in [1.29, 1.82) is 0 Å². The summed E-state index contributed by atoms with van der Waals surface area (Å²) in [6.07, 6.45) is -0.660. The Labute approximate surface area is 114 Å². The molecule has 3 heterocycles. The van der Waals surface area contributed by atoms with Gasteiger partial charge in [0.1, 0.15) is 11.8 Å². The van der Waals surface area contributed by atoms with Gasteiger partial charge in [-0.1, -0.05) is 24.3 Å². The van der Waals surface area contributed by atoms with E-state index in [0.29, 0.717) is 0 Å². The molecule has 0 unspecified atom stereocenters. The van der Waals surface area contributed by atoms with E-state index in [1.54, 1.807) is 0 Å². The predicted molar refractivity (Wildman–Crippen MR) is 68.6 cm³/mol. The highest BCUT2D eigenvalue weighted by Crippen LogP contribution is 2.60. The molecule has 2 aromatic rings. The lowest BCUT2D eigenvalue weighted by Gasteiger charge is -2.19. The summed E-state index contributed by atoms with van der Waals surface area (Å²) < 4.78 is 10.7. The van der Waals surface area contributed by atoms with Gasteiger partial charge in [-0.2, -0.15) is 0 Å². The van der Waals surface area contributed by atoms with Gasteiger partial charge in [0.2, 0.25) is 0 Å². The molecule has 5 rings (SSSR count). The Morgan fingerprint density at radius 3 is 1.80 bits per heavy atom. The van der Waals surface area contributed by atoms with Gasteiger partial charge in [0.15, 0.2) is 0 Å². The number of cyclic esters (lactones) is 2. The van der Waals surface area contributed by atoms with Crippen molar-refractivity contribution in [2.75, 3.05) is 0 Å². The molecule has 0 saturated carbocycles. The van der Waals surface area contributed by atoms with Crippen LogP contribution < -0.4 is 0 Å². The number of ether oxygens (including phenoxy) is 2. The maximum atomic E-state index is 11.8. The molecule has 2 aromatic carbocycles. The lowest BCUT2D eigenvalue weighted by molar-refractivity contribution is -0.157. The van der Waals surface area contributed by atoms with E-state index in [2.05, 4.69) is 12.1 Å². The second-order valence-electron chi connectivity index (χ2n) is 5.60. The van der Waals surface area contributed by atoms with E-state index in [9.17, 15) is 9.59 Å². The lowest BCUT2D eigenvalue weighted by atomic mass is 9.76. The fourth-order valence-electron chi connectivity index (χ4n) is 3.78. The summed E-state index contributed by atoms with van der Waals surface area (Å²) in [5, 5.41) is 2.24. The van der Waals surface area contributed by atoms with E-state index >= 15 is 0 Å². The zero-order chi connectivity index (χ0) is 13.4. The number of rotatable bonds is 0. The van der Waals surface area contributed by atoms with E-state index in [1.165, 1.54) is 0 Å². The molecular weight excluding hydrogens is 256 g/mol. The van der Waals surface area contributed by atoms with Crippen LogP contribution in [0.4, 0.5) is 0 Å². The molecule has 0 aromatic heterocycles. The van der Waals surface area contributed by atoms with Crippen molar-refractivity contribution in [3.8, 4) is 0 Å². The Morgan fingerprint density at radius 2 is 1.30 bits per heavy atom. The van der Waals surface area contributed by atoms with E-state index in [-0.39, 0.29) is 12.2 Å². The number of carbonyl (C=O) groups excluding carboxylic acids is 2. The summed E-state index contributed by atoms with van der Waals surface area (Å²) in [6, 6.07) is 12.2. The molecule has 0 spiro atoms. The zero-order valence-corrected chi connectivity index (χ0v) is 10.4. The quantitative estimate of drug-likeness (QED) is 0.542. The topological polar surface area (TPSA) is 52.6 Å². The highest BCUT2D eigenvalue weighted by Gasteiger charge is 2.63. The third kappa shape index (κ3) is 1.07. The van der Waals surface area contributed by atoms with Crippen LogP contribution in [0.15, 0.2) is 36.4 Å². The summed E-state index contributed by atoms with van der Waals surface area (Å²) in [7, 11) is 0. The van der Waals surface area contributed by atoms with Gasteiger partial charge < -0.3 is 9.47 Å². The van der Waals surface area contributed by atoms with E-state index in [1.807, 2.05) is 24.3 Å². The maximum absolute atomic E-state index is 11.8. The summed E-state index contributed by atoms with van der Waals surface area (Å²) in [4.78, 5) is 23.6. The van der Waals surface area contributed by atoms with Crippen LogP contribution in [0.5, 0.6) is 0 Å². The fourth-order valence-corrected chi connectivity index (χ4v) is 3.78. The van der Waals surface area contributed by atoms with Crippen molar-refractivity contribution >= 4 is 22.7 Å². The smallest absolute Gasteiger partial charge is 0.320 e. The second kappa shape index (κ2) is 3.27. The average Bonchev–Trinajstić information content (AvgIpc) is 3.08. The van der Waals surface area contributed by atoms with Gasteiger partial charge in [-0.3, -0.25) is 9.59 Å². The minimum atomic E-state index is -0.457. The largest absolute Gasteiger partial charge is 0.393 e. The van der Waals surface area contributed by atoms with Crippen LogP contribution in [0, 0.1) is 11.8 Å². The Morgan fingerprint density at radius 1 is 0.800 bits per heavy atom. The molecule has 2 bridgehead atoms. The number of benzene rings is 2. The molecule has 4 atom stereocenters. The van der Waals surface area contributed by atoms with Gasteiger partial charge >= 0.3 is 11.9 Å². The number of hydrogen-bond acceptors (Lipinski definition) is 4. The molecule has 0 N–H and O–H groups in total. The van der Waals surface area contributed by atoms with Gasteiger partial charge in [-0.15, -0.1) is 0 Å². The Hall–Kier alpha value is -2.20. The van der Waals surface area contributed by atoms with Gasteiger partial charge in [0.05, 0.1) is 12.2 Å². The van der Waals surface area contributed by atoms with E-state index in [0.717, 1.165) is 21.9 Å². The first-order valence-corrected chi connectivity index (χ1v) is 6.67. The SMILES string of the molecule is O=C1OC(=O)[C@H]2[C@@H]1[C@H]1O[C@@H]2c2cc3ccccc3cc21. The standard InChI is InChI=1S/C16H10O4/c17-15-11-12(16(18)20-15)14-10-6-8-4-2-1-3-7(8)5-9(10)13(11)19-14/h1-6,11-14H/t11-,12+,13+,14-. The van der Waals surface area contributed by atoms with Crippen LogP contribution in [-0.2, 0) is 19.1 Å². The summed E-state index contributed by atoms with van der Waals surface area (Å²) in [5.41, 5.74) is 2.06.